The van der Waals surface area contributed by atoms with Crippen LogP contribution in [-0.2, 0) is 12.7 Å². The second kappa shape index (κ2) is 11.9. The van der Waals surface area contributed by atoms with Crippen molar-refractivity contribution in [1.82, 2.24) is 39.9 Å². The van der Waals surface area contributed by atoms with Gasteiger partial charge in [0.15, 0.2) is 0 Å². The molecule has 3 N–H and O–H groups in total. The van der Waals surface area contributed by atoms with E-state index >= 15 is 0 Å². The molecule has 10 nitrogen and oxygen atoms in total. The van der Waals surface area contributed by atoms with Gasteiger partial charge in [0.1, 0.15) is 23.8 Å². The lowest BCUT2D eigenvalue weighted by atomic mass is 9.71. The molecule has 0 aromatic carbocycles. The zero-order chi connectivity index (χ0) is 31.1. The molecule has 3 unspecified atom stereocenters. The Kier molecular flexibility index (Phi) is 8.18. The van der Waals surface area contributed by atoms with Gasteiger partial charge in [-0.3, -0.25) is 9.58 Å². The van der Waals surface area contributed by atoms with Gasteiger partial charge >= 0.3 is 6.18 Å². The minimum absolute atomic E-state index is 0.0180. The van der Waals surface area contributed by atoms with Gasteiger partial charge < -0.3 is 20.4 Å². The molecule has 0 amide bonds. The van der Waals surface area contributed by atoms with E-state index in [1.54, 1.807) is 12.4 Å². The number of rotatable bonds is 9. The van der Waals surface area contributed by atoms with Crippen LogP contribution in [0.2, 0.25) is 0 Å². The van der Waals surface area contributed by atoms with Crippen LogP contribution in [0.5, 0.6) is 5.88 Å². The Bertz CT molecular complexity index is 1600. The number of aromatic nitrogens is 6. The summed E-state index contributed by atoms with van der Waals surface area (Å²) >= 11 is 0. The molecule has 4 aromatic heterocycles. The number of aromatic amines is 1. The molecule has 1 saturated heterocycles. The van der Waals surface area contributed by atoms with Crippen LogP contribution >= 0.6 is 0 Å². The predicted octanol–water partition coefficient (Wildman–Crippen LogP) is 5.64. The average molecular weight is 610 g/mol. The molecule has 1 aliphatic carbocycles. The van der Waals surface area contributed by atoms with E-state index in [9.17, 15) is 13.2 Å². The Morgan fingerprint density at radius 3 is 2.66 bits per heavy atom. The molecule has 1 saturated carbocycles. The van der Waals surface area contributed by atoms with Crippen molar-refractivity contribution in [2.24, 2.45) is 5.92 Å². The summed E-state index contributed by atoms with van der Waals surface area (Å²) in [5.74, 6) is 0.253. The van der Waals surface area contributed by atoms with E-state index in [2.05, 4.69) is 35.3 Å². The number of likely N-dealkylation sites (tertiary alicyclic amines) is 1. The minimum atomic E-state index is -4.55. The number of alkyl halides is 3. The van der Waals surface area contributed by atoms with E-state index in [0.29, 0.717) is 30.9 Å². The molecular formula is C31H38F3N9O. The molecule has 4 aromatic rings. The molecule has 0 spiro atoms. The topological polar surface area (TPSA) is 121 Å². The van der Waals surface area contributed by atoms with Crippen LogP contribution in [0.15, 0.2) is 43.1 Å². The number of hydrogen-bond donors (Lipinski definition) is 3. The standard InChI is InChI=1S/C31H38F3N9O/c1-30(2,3)39-15-19-12-26(31(32,33)34)41-27(13-19)44-21-6-10-42(11-7-21)24-14-25(22(24)4-8-35)43-17-20(16-40-43)28-23-5-9-36-29(23)38-18-37-28/h5,8-9,12-13,16-18,21-22,24-25,35,39H,4,6-7,10-11,14-15H2,1-3H3,(H,36,37,38). The Morgan fingerprint density at radius 2 is 1.93 bits per heavy atom. The lowest BCUT2D eigenvalue weighted by molar-refractivity contribution is -0.141. The monoisotopic (exact) mass is 609 g/mol. The number of hydrogen-bond acceptors (Lipinski definition) is 8. The summed E-state index contributed by atoms with van der Waals surface area (Å²) in [5, 5.41) is 16.7. The van der Waals surface area contributed by atoms with Gasteiger partial charge in [-0.2, -0.15) is 18.3 Å². The van der Waals surface area contributed by atoms with Gasteiger partial charge in [0.2, 0.25) is 5.88 Å². The number of pyridine rings is 1. The van der Waals surface area contributed by atoms with Crippen LogP contribution in [0, 0.1) is 11.3 Å². The van der Waals surface area contributed by atoms with Crippen molar-refractivity contribution in [2.75, 3.05) is 13.1 Å². The summed E-state index contributed by atoms with van der Waals surface area (Å²) in [7, 11) is 0. The van der Waals surface area contributed by atoms with Crippen molar-refractivity contribution in [3.63, 3.8) is 0 Å². The maximum absolute atomic E-state index is 13.6. The maximum atomic E-state index is 13.6. The van der Waals surface area contributed by atoms with Crippen LogP contribution in [0.4, 0.5) is 13.2 Å². The van der Waals surface area contributed by atoms with Crippen LogP contribution in [0.3, 0.4) is 0 Å². The van der Waals surface area contributed by atoms with Gasteiger partial charge in [-0.1, -0.05) is 0 Å². The van der Waals surface area contributed by atoms with Crippen molar-refractivity contribution < 1.29 is 17.9 Å². The lowest BCUT2D eigenvalue weighted by Crippen LogP contribution is -2.56. The second-order valence-corrected chi connectivity index (χ2v) is 12.8. The van der Waals surface area contributed by atoms with Gasteiger partial charge in [0, 0.05) is 66.5 Å². The van der Waals surface area contributed by atoms with Crippen LogP contribution in [0.1, 0.15) is 63.8 Å². The zero-order valence-corrected chi connectivity index (χ0v) is 25.1. The number of fused-ring (bicyclic) bond motifs is 1. The Morgan fingerprint density at radius 1 is 1.14 bits per heavy atom. The van der Waals surface area contributed by atoms with E-state index in [1.165, 1.54) is 6.21 Å². The van der Waals surface area contributed by atoms with Gasteiger partial charge in [0.05, 0.1) is 17.9 Å². The Balaban J connectivity index is 1.09. The summed E-state index contributed by atoms with van der Waals surface area (Å²) < 4.78 is 48.9. The third kappa shape index (κ3) is 6.48. The molecule has 13 heteroatoms. The molecule has 1 aliphatic heterocycles. The average Bonchev–Trinajstić information content (AvgIpc) is 3.64. The fourth-order valence-corrected chi connectivity index (χ4v) is 6.31. The predicted molar refractivity (Wildman–Crippen MR) is 160 cm³/mol. The van der Waals surface area contributed by atoms with Crippen molar-refractivity contribution in [3.8, 4) is 17.1 Å². The third-order valence-electron chi connectivity index (χ3n) is 8.64. The maximum Gasteiger partial charge on any atom is 0.433 e. The quantitative estimate of drug-likeness (QED) is 0.210. The molecule has 6 rings (SSSR count). The molecule has 2 fully saturated rings. The summed E-state index contributed by atoms with van der Waals surface area (Å²) in [5.41, 5.74) is 1.85. The van der Waals surface area contributed by atoms with E-state index in [1.807, 2.05) is 50.1 Å². The summed E-state index contributed by atoms with van der Waals surface area (Å²) in [6, 6.07) is 5.12. The van der Waals surface area contributed by atoms with Gasteiger partial charge in [-0.25, -0.2) is 15.0 Å². The largest absolute Gasteiger partial charge is 0.474 e. The van der Waals surface area contributed by atoms with Crippen molar-refractivity contribution in [1.29, 1.82) is 5.41 Å². The van der Waals surface area contributed by atoms with Crippen LogP contribution in [-0.4, -0.2) is 71.6 Å². The minimum Gasteiger partial charge on any atom is -0.474 e. The zero-order valence-electron chi connectivity index (χ0n) is 25.1. The molecule has 5 heterocycles. The number of halogens is 3. The molecule has 0 bridgehead atoms. The van der Waals surface area contributed by atoms with Crippen LogP contribution in [0.25, 0.3) is 22.3 Å². The number of H-pyrrole nitrogens is 1. The highest BCUT2D eigenvalue weighted by atomic mass is 19.4. The first kappa shape index (κ1) is 30.2. The Labute approximate surface area is 254 Å². The number of nitrogens with one attached hydrogen (secondary N) is 3. The first-order valence-corrected chi connectivity index (χ1v) is 15.0. The first-order chi connectivity index (χ1) is 21.0. The van der Waals surface area contributed by atoms with E-state index < -0.39 is 11.9 Å². The van der Waals surface area contributed by atoms with E-state index in [0.717, 1.165) is 47.9 Å². The van der Waals surface area contributed by atoms with Crippen molar-refractivity contribution >= 4 is 17.2 Å². The third-order valence-corrected chi connectivity index (χ3v) is 8.64. The Hall–Kier alpha value is -3.84. The highest BCUT2D eigenvalue weighted by Crippen LogP contribution is 2.45. The van der Waals surface area contributed by atoms with Gasteiger partial charge in [0.25, 0.3) is 0 Å². The summed E-state index contributed by atoms with van der Waals surface area (Å²) in [6.07, 6.45) is 6.90. The summed E-state index contributed by atoms with van der Waals surface area (Å²) in [6.45, 7) is 7.72. The van der Waals surface area contributed by atoms with Crippen molar-refractivity contribution in [3.05, 3.63) is 54.4 Å². The number of piperidine rings is 1. The van der Waals surface area contributed by atoms with E-state index in [4.69, 9.17) is 10.1 Å². The number of nitrogens with zero attached hydrogens (tertiary/aromatic N) is 6. The molecule has 2 aliphatic rings. The fraction of sp³-hybridized carbons (Fsp3) is 0.516. The van der Waals surface area contributed by atoms with Crippen LogP contribution < -0.4 is 10.1 Å². The lowest BCUT2D eigenvalue weighted by Gasteiger charge is -2.51. The van der Waals surface area contributed by atoms with E-state index in [-0.39, 0.29) is 36.0 Å². The molecule has 0 radical (unpaired) electrons. The SMILES string of the molecule is CC(C)(C)NCc1cc(OC2CCN(C3CC(n4cc(-c5ncnc6[nH]ccc56)cn4)C3CC=N)CC2)nc(C(F)(F)F)c1. The van der Waals surface area contributed by atoms with Gasteiger partial charge in [-0.15, -0.1) is 0 Å². The normalized spacial score (nSPS) is 21.8. The first-order valence-electron chi connectivity index (χ1n) is 15.0. The molecule has 3 atom stereocenters. The number of ether oxygens (including phenoxy) is 1. The molecule has 234 valence electrons. The second-order valence-electron chi connectivity index (χ2n) is 12.8. The van der Waals surface area contributed by atoms with Crippen molar-refractivity contribution in [2.45, 2.75) is 82.9 Å². The highest BCUT2D eigenvalue weighted by molar-refractivity contribution is 5.89. The highest BCUT2D eigenvalue weighted by Gasteiger charge is 2.46. The smallest absolute Gasteiger partial charge is 0.433 e. The van der Waals surface area contributed by atoms with Gasteiger partial charge in [-0.05, 0) is 70.4 Å². The molecular weight excluding hydrogens is 571 g/mol. The summed E-state index contributed by atoms with van der Waals surface area (Å²) in [4.78, 5) is 18.1. The molecule has 44 heavy (non-hydrogen) atoms. The fourth-order valence-electron chi connectivity index (χ4n) is 6.31.